The zero-order valence-electron chi connectivity index (χ0n) is 14.4. The van der Waals surface area contributed by atoms with Crippen LogP contribution in [0.4, 0.5) is 0 Å². The summed E-state index contributed by atoms with van der Waals surface area (Å²) in [5.74, 6) is 1.08. The van der Waals surface area contributed by atoms with Gasteiger partial charge >= 0.3 is 0 Å². The fourth-order valence-corrected chi connectivity index (χ4v) is 5.41. The van der Waals surface area contributed by atoms with Crippen LogP contribution in [0.25, 0.3) is 0 Å². The van der Waals surface area contributed by atoms with Gasteiger partial charge in [-0.3, -0.25) is 9.59 Å². The lowest BCUT2D eigenvalue weighted by Gasteiger charge is -2.25. The zero-order chi connectivity index (χ0) is 17.1. The van der Waals surface area contributed by atoms with E-state index in [1.54, 1.807) is 16.2 Å². The van der Waals surface area contributed by atoms with Gasteiger partial charge < -0.3 is 9.80 Å². The Bertz CT molecular complexity index is 598. The first-order valence-electron chi connectivity index (χ1n) is 8.61. The van der Waals surface area contributed by atoms with Gasteiger partial charge in [-0.05, 0) is 19.8 Å². The van der Waals surface area contributed by atoms with Crippen LogP contribution in [0.5, 0.6) is 0 Å². The molecule has 1 aromatic heterocycles. The lowest BCUT2D eigenvalue weighted by Crippen LogP contribution is -2.37. The van der Waals surface area contributed by atoms with Gasteiger partial charge in [-0.15, -0.1) is 11.3 Å². The van der Waals surface area contributed by atoms with Crippen LogP contribution in [0.2, 0.25) is 0 Å². The number of rotatable bonds is 6. The van der Waals surface area contributed by atoms with E-state index in [4.69, 9.17) is 0 Å². The van der Waals surface area contributed by atoms with Crippen molar-refractivity contribution in [3.05, 3.63) is 11.1 Å². The van der Waals surface area contributed by atoms with E-state index in [-0.39, 0.29) is 17.7 Å². The predicted molar refractivity (Wildman–Crippen MR) is 97.3 cm³/mol. The Morgan fingerprint density at radius 2 is 2.21 bits per heavy atom. The number of carbonyl (C=O) groups is 2. The van der Waals surface area contributed by atoms with Gasteiger partial charge in [-0.25, -0.2) is 4.98 Å². The van der Waals surface area contributed by atoms with E-state index in [1.807, 2.05) is 19.4 Å². The van der Waals surface area contributed by atoms with E-state index in [2.05, 4.69) is 9.88 Å². The maximum atomic E-state index is 12.3. The second kappa shape index (κ2) is 7.87. The summed E-state index contributed by atoms with van der Waals surface area (Å²) in [7, 11) is 1.85. The van der Waals surface area contributed by atoms with Crippen molar-refractivity contribution >= 4 is 34.9 Å². The van der Waals surface area contributed by atoms with Gasteiger partial charge in [0.05, 0.1) is 5.75 Å². The van der Waals surface area contributed by atoms with Crippen molar-refractivity contribution in [3.63, 3.8) is 0 Å². The lowest BCUT2D eigenvalue weighted by atomic mass is 10.1. The van der Waals surface area contributed by atoms with Crippen LogP contribution in [0.15, 0.2) is 9.72 Å². The van der Waals surface area contributed by atoms with Crippen LogP contribution in [0, 0.1) is 12.8 Å². The molecule has 0 radical (unpaired) electrons. The summed E-state index contributed by atoms with van der Waals surface area (Å²) in [5.41, 5.74) is 1.000. The summed E-state index contributed by atoms with van der Waals surface area (Å²) in [6, 6.07) is 0.451. The number of hydrogen-bond donors (Lipinski definition) is 0. The molecule has 0 aromatic carbocycles. The second-order valence-corrected chi connectivity index (χ2v) is 8.95. The van der Waals surface area contributed by atoms with Gasteiger partial charge in [0.15, 0.2) is 4.34 Å². The van der Waals surface area contributed by atoms with Gasteiger partial charge in [0.2, 0.25) is 11.8 Å². The van der Waals surface area contributed by atoms with Crippen molar-refractivity contribution in [3.8, 4) is 0 Å². The van der Waals surface area contributed by atoms with Crippen molar-refractivity contribution in [2.45, 2.75) is 49.4 Å². The van der Waals surface area contributed by atoms with Crippen molar-refractivity contribution < 1.29 is 9.59 Å². The molecule has 132 valence electrons. The molecule has 1 unspecified atom stereocenters. The highest BCUT2D eigenvalue weighted by atomic mass is 32.2. The number of amides is 2. The summed E-state index contributed by atoms with van der Waals surface area (Å²) in [6.45, 7) is 3.45. The van der Waals surface area contributed by atoms with Gasteiger partial charge in [0.1, 0.15) is 0 Å². The summed E-state index contributed by atoms with van der Waals surface area (Å²) < 4.78 is 0.942. The number of hydrogen-bond acceptors (Lipinski definition) is 5. The predicted octanol–water partition coefficient (Wildman–Crippen LogP) is 2.79. The molecule has 1 saturated heterocycles. The molecule has 5 nitrogen and oxygen atoms in total. The van der Waals surface area contributed by atoms with E-state index in [9.17, 15) is 9.59 Å². The minimum atomic E-state index is 0.111. The first kappa shape index (κ1) is 17.7. The number of carbonyl (C=O) groups excluding carboxylic acids is 2. The van der Waals surface area contributed by atoms with Crippen molar-refractivity contribution in [2.75, 3.05) is 25.9 Å². The van der Waals surface area contributed by atoms with E-state index in [0.29, 0.717) is 24.8 Å². The molecule has 2 aliphatic rings. The highest BCUT2D eigenvalue weighted by Crippen LogP contribution is 2.30. The number of nitrogens with zero attached hydrogens (tertiary/aromatic N) is 3. The highest BCUT2D eigenvalue weighted by molar-refractivity contribution is 8.01. The molecule has 0 N–H and O–H groups in total. The maximum Gasteiger partial charge on any atom is 0.232 e. The zero-order valence-corrected chi connectivity index (χ0v) is 16.0. The quantitative estimate of drug-likeness (QED) is 0.726. The first-order valence-corrected chi connectivity index (χ1v) is 10.5. The molecule has 7 heteroatoms. The van der Waals surface area contributed by atoms with Crippen LogP contribution in [0.3, 0.4) is 0 Å². The van der Waals surface area contributed by atoms with Crippen molar-refractivity contribution in [2.24, 2.45) is 5.92 Å². The van der Waals surface area contributed by atoms with E-state index in [1.165, 1.54) is 24.6 Å². The summed E-state index contributed by atoms with van der Waals surface area (Å²) in [5, 5.41) is 2.00. The molecule has 3 rings (SSSR count). The average Bonchev–Trinajstić information content (AvgIpc) is 3.26. The molecule has 2 fully saturated rings. The summed E-state index contributed by atoms with van der Waals surface area (Å²) in [6.07, 6.45) is 5.37. The normalized spacial score (nSPS) is 21.7. The molecule has 2 amide bonds. The van der Waals surface area contributed by atoms with Crippen LogP contribution >= 0.6 is 23.1 Å². The van der Waals surface area contributed by atoms with E-state index in [0.717, 1.165) is 29.4 Å². The Morgan fingerprint density at radius 1 is 1.46 bits per heavy atom. The SMILES string of the molecule is Cc1csc(SCC(=O)N(C)CC2CC(=O)N(C3CCCC3)C2)n1. The van der Waals surface area contributed by atoms with Crippen molar-refractivity contribution in [1.29, 1.82) is 0 Å². The third kappa shape index (κ3) is 4.30. The number of thioether (sulfide) groups is 1. The maximum absolute atomic E-state index is 12.3. The second-order valence-electron chi connectivity index (χ2n) is 6.87. The lowest BCUT2D eigenvalue weighted by molar-refractivity contribution is -0.130. The Kier molecular flexibility index (Phi) is 5.81. The molecule has 0 spiro atoms. The average molecular weight is 368 g/mol. The van der Waals surface area contributed by atoms with Gasteiger partial charge in [0, 0.05) is 49.6 Å². The number of thiazole rings is 1. The Morgan fingerprint density at radius 3 is 2.88 bits per heavy atom. The van der Waals surface area contributed by atoms with Crippen molar-refractivity contribution in [1.82, 2.24) is 14.8 Å². The van der Waals surface area contributed by atoms with E-state index >= 15 is 0 Å². The van der Waals surface area contributed by atoms with Crippen LogP contribution in [-0.4, -0.2) is 58.5 Å². The standard InChI is InChI=1S/C17H25N3O2S2/c1-12-10-23-17(18-12)24-11-16(22)19(2)8-13-7-15(21)20(9-13)14-5-3-4-6-14/h10,13-14H,3-9,11H2,1-2H3. The molecule has 2 heterocycles. The fraction of sp³-hybridized carbons (Fsp3) is 0.706. The molecular weight excluding hydrogens is 342 g/mol. The van der Waals surface area contributed by atoms with Gasteiger partial charge in [-0.1, -0.05) is 24.6 Å². The molecule has 1 aromatic rings. The first-order chi connectivity index (χ1) is 11.5. The molecule has 1 atom stereocenters. The fourth-order valence-electron chi connectivity index (χ4n) is 3.62. The van der Waals surface area contributed by atoms with Crippen LogP contribution < -0.4 is 0 Å². The molecule has 0 bridgehead atoms. The van der Waals surface area contributed by atoms with Crippen LogP contribution in [0.1, 0.15) is 37.8 Å². The molecule has 1 aliphatic carbocycles. The van der Waals surface area contributed by atoms with E-state index < -0.39 is 0 Å². The Hall–Kier alpha value is -1.08. The molecule has 1 aliphatic heterocycles. The topological polar surface area (TPSA) is 53.5 Å². The number of aryl methyl sites for hydroxylation is 1. The van der Waals surface area contributed by atoms with Gasteiger partial charge in [-0.2, -0.15) is 0 Å². The monoisotopic (exact) mass is 367 g/mol. The molecule has 1 saturated carbocycles. The number of aromatic nitrogens is 1. The third-order valence-corrected chi connectivity index (χ3v) is 7.00. The Labute approximate surface area is 151 Å². The molecule has 24 heavy (non-hydrogen) atoms. The Balaban J connectivity index is 1.45. The number of likely N-dealkylation sites (tertiary alicyclic amines) is 1. The molecular formula is C17H25N3O2S2. The minimum absolute atomic E-state index is 0.111. The van der Waals surface area contributed by atoms with Gasteiger partial charge in [0.25, 0.3) is 0 Å². The largest absolute Gasteiger partial charge is 0.345 e. The van der Waals surface area contributed by atoms with Crippen LogP contribution in [-0.2, 0) is 9.59 Å². The summed E-state index contributed by atoms with van der Waals surface area (Å²) in [4.78, 5) is 32.8. The summed E-state index contributed by atoms with van der Waals surface area (Å²) >= 11 is 3.08. The third-order valence-electron chi connectivity index (χ3n) is 4.88. The minimum Gasteiger partial charge on any atom is -0.345 e. The smallest absolute Gasteiger partial charge is 0.232 e. The highest BCUT2D eigenvalue weighted by Gasteiger charge is 2.36.